The fraction of sp³-hybridized carbons (Fsp3) is 0.226. The maximum absolute atomic E-state index is 13.3. The van der Waals surface area contributed by atoms with Crippen LogP contribution in [0.3, 0.4) is 0 Å². The van der Waals surface area contributed by atoms with Crippen LogP contribution < -0.4 is 10.6 Å². The highest BCUT2D eigenvalue weighted by Crippen LogP contribution is 2.32. The molecule has 0 atom stereocenters. The Hall–Kier alpha value is -4.19. The van der Waals surface area contributed by atoms with Crippen molar-refractivity contribution >= 4 is 50.8 Å². The summed E-state index contributed by atoms with van der Waals surface area (Å²) in [5.74, 6) is -0.455. The van der Waals surface area contributed by atoms with Crippen LogP contribution in [0.25, 0.3) is 16.5 Å². The monoisotopic (exact) mass is 606 g/mol. The standard InChI is InChI=1S/C31H34N4O5S2/c1-31(2,3)40-30(37)33-26-9-7-6-8-25(26)32-28(36)16-12-23-18-19-35(21-23)42(38,39)29-17-15-27(41-29)24-13-10-22(11-14-24)20-34(4)5/h6-19,21H,20H2,1-5H3,(H,32,36)(H,33,37). The van der Waals surface area contributed by atoms with Crippen molar-refractivity contribution in [1.29, 1.82) is 0 Å². The molecule has 4 rings (SSSR count). The molecule has 0 saturated carbocycles. The molecule has 0 bridgehead atoms. The zero-order valence-corrected chi connectivity index (χ0v) is 25.8. The summed E-state index contributed by atoms with van der Waals surface area (Å²) in [6.45, 7) is 6.10. The molecule has 0 aliphatic rings. The smallest absolute Gasteiger partial charge is 0.412 e. The Morgan fingerprint density at radius 1 is 0.952 bits per heavy atom. The van der Waals surface area contributed by atoms with Gasteiger partial charge < -0.3 is 15.0 Å². The van der Waals surface area contributed by atoms with Gasteiger partial charge in [-0.1, -0.05) is 36.4 Å². The number of para-hydroxylation sites is 2. The SMILES string of the molecule is CN(C)Cc1ccc(-c2ccc(S(=O)(=O)n3ccc(C=CC(=O)Nc4ccccc4NC(=O)OC(C)(C)C)c3)s2)cc1. The zero-order chi connectivity index (χ0) is 30.5. The highest BCUT2D eigenvalue weighted by Gasteiger charge is 2.20. The molecule has 42 heavy (non-hydrogen) atoms. The largest absolute Gasteiger partial charge is 0.444 e. The lowest BCUT2D eigenvalue weighted by atomic mass is 10.1. The van der Waals surface area contributed by atoms with E-state index < -0.39 is 27.6 Å². The summed E-state index contributed by atoms with van der Waals surface area (Å²) in [4.78, 5) is 27.7. The molecule has 0 radical (unpaired) electrons. The number of thiophene rings is 1. The first-order valence-electron chi connectivity index (χ1n) is 13.2. The van der Waals surface area contributed by atoms with Crippen molar-refractivity contribution in [2.75, 3.05) is 24.7 Å². The molecule has 0 unspecified atom stereocenters. The fourth-order valence-corrected chi connectivity index (χ4v) is 6.58. The molecule has 0 saturated heterocycles. The van der Waals surface area contributed by atoms with Crippen LogP contribution in [0.4, 0.5) is 16.2 Å². The van der Waals surface area contributed by atoms with Gasteiger partial charge in [0.2, 0.25) is 5.91 Å². The second-order valence-electron chi connectivity index (χ2n) is 10.8. The number of benzene rings is 2. The van der Waals surface area contributed by atoms with Crippen molar-refractivity contribution in [3.63, 3.8) is 0 Å². The van der Waals surface area contributed by atoms with Crippen LogP contribution in [-0.2, 0) is 26.1 Å². The van der Waals surface area contributed by atoms with Gasteiger partial charge in [0.05, 0.1) is 11.4 Å². The summed E-state index contributed by atoms with van der Waals surface area (Å²) in [5.41, 5.74) is 2.76. The van der Waals surface area contributed by atoms with E-state index in [0.29, 0.717) is 16.9 Å². The van der Waals surface area contributed by atoms with Crippen molar-refractivity contribution < 1.29 is 22.7 Å². The molecule has 4 aromatic rings. The van der Waals surface area contributed by atoms with E-state index in [2.05, 4.69) is 15.5 Å². The molecule has 0 fully saturated rings. The van der Waals surface area contributed by atoms with E-state index in [1.807, 2.05) is 44.4 Å². The lowest BCUT2D eigenvalue weighted by molar-refractivity contribution is -0.111. The number of ether oxygens (including phenoxy) is 1. The van der Waals surface area contributed by atoms with Crippen LogP contribution in [0.5, 0.6) is 0 Å². The fourth-order valence-electron chi connectivity index (χ4n) is 3.96. The third-order valence-corrected chi connectivity index (χ3v) is 9.03. The highest BCUT2D eigenvalue weighted by atomic mass is 32.2. The highest BCUT2D eigenvalue weighted by molar-refractivity contribution is 7.92. The second kappa shape index (κ2) is 12.8. The Balaban J connectivity index is 1.41. The number of hydrogen-bond donors (Lipinski definition) is 2. The first-order valence-corrected chi connectivity index (χ1v) is 15.4. The van der Waals surface area contributed by atoms with Crippen LogP contribution >= 0.6 is 11.3 Å². The number of nitrogens with one attached hydrogen (secondary N) is 2. The summed E-state index contributed by atoms with van der Waals surface area (Å²) >= 11 is 1.20. The third kappa shape index (κ3) is 8.19. The van der Waals surface area contributed by atoms with Gasteiger partial charge in [-0.15, -0.1) is 11.3 Å². The summed E-state index contributed by atoms with van der Waals surface area (Å²) < 4.78 is 33.2. The molecule has 9 nitrogen and oxygen atoms in total. The number of rotatable bonds is 9. The summed E-state index contributed by atoms with van der Waals surface area (Å²) in [7, 11) is 0.214. The molecular formula is C31H34N4O5S2. The third-order valence-electron chi connectivity index (χ3n) is 5.79. The molecule has 2 aromatic heterocycles. The summed E-state index contributed by atoms with van der Waals surface area (Å²) in [6, 6.07) is 19.8. The first kappa shape index (κ1) is 30.8. The molecule has 2 amide bonds. The molecular weight excluding hydrogens is 572 g/mol. The van der Waals surface area contributed by atoms with Gasteiger partial charge in [0.1, 0.15) is 9.81 Å². The van der Waals surface area contributed by atoms with E-state index in [1.165, 1.54) is 41.4 Å². The first-order chi connectivity index (χ1) is 19.8. The van der Waals surface area contributed by atoms with E-state index in [1.54, 1.807) is 57.2 Å². The minimum absolute atomic E-state index is 0.216. The lowest BCUT2D eigenvalue weighted by Gasteiger charge is -2.20. The zero-order valence-electron chi connectivity index (χ0n) is 24.1. The van der Waals surface area contributed by atoms with Crippen LogP contribution in [0.1, 0.15) is 31.9 Å². The van der Waals surface area contributed by atoms with E-state index in [-0.39, 0.29) is 4.21 Å². The van der Waals surface area contributed by atoms with Crippen LogP contribution in [0.15, 0.2) is 89.4 Å². The minimum atomic E-state index is -3.80. The summed E-state index contributed by atoms with van der Waals surface area (Å²) in [5, 5.41) is 5.35. The van der Waals surface area contributed by atoms with E-state index in [4.69, 9.17) is 4.74 Å². The summed E-state index contributed by atoms with van der Waals surface area (Å²) in [6.07, 6.45) is 5.06. The molecule has 2 heterocycles. The number of aromatic nitrogens is 1. The minimum Gasteiger partial charge on any atom is -0.444 e. The van der Waals surface area contributed by atoms with Gasteiger partial charge in [-0.3, -0.25) is 10.1 Å². The molecule has 0 aliphatic heterocycles. The Kier molecular flexibility index (Phi) is 9.35. The average molecular weight is 607 g/mol. The second-order valence-corrected chi connectivity index (χ2v) is 14.0. The van der Waals surface area contributed by atoms with Gasteiger partial charge in [0, 0.05) is 29.9 Å². The van der Waals surface area contributed by atoms with Gasteiger partial charge in [-0.2, -0.15) is 8.42 Å². The van der Waals surface area contributed by atoms with Crippen molar-refractivity contribution in [1.82, 2.24) is 8.87 Å². The maximum Gasteiger partial charge on any atom is 0.412 e. The van der Waals surface area contributed by atoms with E-state index >= 15 is 0 Å². The molecule has 0 aliphatic carbocycles. The van der Waals surface area contributed by atoms with Crippen molar-refractivity contribution in [2.45, 2.75) is 37.1 Å². The predicted molar refractivity (Wildman–Crippen MR) is 168 cm³/mol. The Morgan fingerprint density at radius 2 is 1.62 bits per heavy atom. The molecule has 220 valence electrons. The van der Waals surface area contributed by atoms with Gasteiger partial charge >= 0.3 is 6.09 Å². The number of hydrogen-bond acceptors (Lipinski definition) is 7. The van der Waals surface area contributed by atoms with Gasteiger partial charge in [-0.05, 0) is 88.0 Å². The number of carbonyl (C=O) groups excluding carboxylic acids is 2. The van der Waals surface area contributed by atoms with Gasteiger partial charge in [0.25, 0.3) is 10.0 Å². The maximum atomic E-state index is 13.3. The molecule has 2 aromatic carbocycles. The topological polar surface area (TPSA) is 110 Å². The molecule has 0 spiro atoms. The predicted octanol–water partition coefficient (Wildman–Crippen LogP) is 6.51. The number of nitrogens with zero attached hydrogens (tertiary/aromatic N) is 2. The Morgan fingerprint density at radius 3 is 2.26 bits per heavy atom. The van der Waals surface area contributed by atoms with Crippen LogP contribution in [0, 0.1) is 0 Å². The number of amides is 2. The number of carbonyl (C=O) groups is 2. The molecule has 2 N–H and O–H groups in total. The van der Waals surface area contributed by atoms with E-state index in [9.17, 15) is 18.0 Å². The van der Waals surface area contributed by atoms with Crippen LogP contribution in [-0.4, -0.2) is 49.0 Å². The Bertz CT molecular complexity index is 1700. The molecule has 11 heteroatoms. The normalized spacial score (nSPS) is 12.0. The van der Waals surface area contributed by atoms with Gasteiger partial charge in [-0.25, -0.2) is 8.77 Å². The van der Waals surface area contributed by atoms with Gasteiger partial charge in [0.15, 0.2) is 0 Å². The average Bonchev–Trinajstić information content (AvgIpc) is 3.59. The lowest BCUT2D eigenvalue weighted by Crippen LogP contribution is -2.27. The van der Waals surface area contributed by atoms with Crippen LogP contribution in [0.2, 0.25) is 0 Å². The van der Waals surface area contributed by atoms with Crippen molar-refractivity contribution in [3.8, 4) is 10.4 Å². The van der Waals surface area contributed by atoms with E-state index in [0.717, 1.165) is 21.0 Å². The quantitative estimate of drug-likeness (QED) is 0.210. The Labute approximate surface area is 250 Å². The number of anilines is 2. The van der Waals surface area contributed by atoms with Crippen molar-refractivity contribution in [2.24, 2.45) is 0 Å². The van der Waals surface area contributed by atoms with Crippen molar-refractivity contribution in [3.05, 3.63) is 96.3 Å².